The predicted octanol–water partition coefficient (Wildman–Crippen LogP) is 4.41. The van der Waals surface area contributed by atoms with Crippen molar-refractivity contribution >= 4 is 23.3 Å². The highest BCUT2D eigenvalue weighted by atomic mass is 35.5. The van der Waals surface area contributed by atoms with Crippen LogP contribution < -0.4 is 5.32 Å². The minimum absolute atomic E-state index is 0.150. The largest absolute Gasteiger partial charge is 0.480 e. The summed E-state index contributed by atoms with van der Waals surface area (Å²) >= 11 is 5.76. The van der Waals surface area contributed by atoms with Crippen LogP contribution in [0.2, 0.25) is 5.02 Å². The quantitative estimate of drug-likeness (QED) is 0.818. The second kappa shape index (κ2) is 6.83. The molecule has 1 atom stereocenters. The van der Waals surface area contributed by atoms with E-state index in [0.717, 1.165) is 12.5 Å². The number of halogens is 4. The van der Waals surface area contributed by atoms with E-state index >= 15 is 0 Å². The van der Waals surface area contributed by atoms with E-state index in [0.29, 0.717) is 6.42 Å². The van der Waals surface area contributed by atoms with Gasteiger partial charge in [-0.25, -0.2) is 4.79 Å². The third-order valence-electron chi connectivity index (χ3n) is 2.78. The maximum absolute atomic E-state index is 12.9. The molecule has 0 spiro atoms. The van der Waals surface area contributed by atoms with Gasteiger partial charge in [0, 0.05) is 0 Å². The lowest BCUT2D eigenvalue weighted by Crippen LogP contribution is -2.30. The molecule has 0 saturated heterocycles. The number of hydrogen-bond acceptors (Lipinski definition) is 2. The predicted molar refractivity (Wildman–Crippen MR) is 71.0 cm³/mol. The zero-order valence-corrected chi connectivity index (χ0v) is 11.6. The van der Waals surface area contributed by atoms with Gasteiger partial charge in [0.1, 0.15) is 6.04 Å². The van der Waals surface area contributed by atoms with Gasteiger partial charge in [0.15, 0.2) is 0 Å². The Morgan fingerprint density at radius 2 is 2.10 bits per heavy atom. The standard InChI is InChI=1S/C13H15ClF3NO2/c1-2-3-7-10(12(19)20)18-11-8(13(15,16)17)5-4-6-9(11)14/h4-6,10,18H,2-3,7H2,1H3,(H,19,20). The smallest absolute Gasteiger partial charge is 0.418 e. The summed E-state index contributed by atoms with van der Waals surface area (Å²) in [6.07, 6.45) is -3.02. The lowest BCUT2D eigenvalue weighted by Gasteiger charge is -2.20. The van der Waals surface area contributed by atoms with Gasteiger partial charge < -0.3 is 10.4 Å². The van der Waals surface area contributed by atoms with Crippen LogP contribution in [0.3, 0.4) is 0 Å². The molecule has 1 rings (SSSR count). The van der Waals surface area contributed by atoms with E-state index in [4.69, 9.17) is 16.7 Å². The zero-order valence-electron chi connectivity index (χ0n) is 10.8. The summed E-state index contributed by atoms with van der Waals surface area (Å²) in [6.45, 7) is 1.87. The van der Waals surface area contributed by atoms with Crippen LogP contribution in [0.15, 0.2) is 18.2 Å². The average molecular weight is 310 g/mol. The fourth-order valence-electron chi connectivity index (χ4n) is 1.75. The van der Waals surface area contributed by atoms with Crippen molar-refractivity contribution < 1.29 is 23.1 Å². The minimum atomic E-state index is -4.60. The molecule has 1 aromatic carbocycles. The Morgan fingerprint density at radius 3 is 2.60 bits per heavy atom. The van der Waals surface area contributed by atoms with Gasteiger partial charge in [-0.1, -0.05) is 37.4 Å². The Bertz CT molecular complexity index is 477. The molecule has 0 fully saturated rings. The van der Waals surface area contributed by atoms with E-state index in [1.54, 1.807) is 0 Å². The number of aliphatic carboxylic acids is 1. The summed E-state index contributed by atoms with van der Waals surface area (Å²) in [5, 5.41) is 11.3. The van der Waals surface area contributed by atoms with Crippen molar-refractivity contribution in [2.45, 2.75) is 38.4 Å². The van der Waals surface area contributed by atoms with Crippen molar-refractivity contribution in [3.05, 3.63) is 28.8 Å². The first-order valence-corrected chi connectivity index (χ1v) is 6.50. The van der Waals surface area contributed by atoms with E-state index < -0.39 is 23.8 Å². The highest BCUT2D eigenvalue weighted by molar-refractivity contribution is 6.33. The number of carbonyl (C=O) groups is 1. The average Bonchev–Trinajstić information content (AvgIpc) is 2.34. The van der Waals surface area contributed by atoms with Gasteiger partial charge in [-0.2, -0.15) is 13.2 Å². The first-order valence-electron chi connectivity index (χ1n) is 6.12. The number of hydrogen-bond donors (Lipinski definition) is 2. The van der Waals surface area contributed by atoms with Gasteiger partial charge in [-0.3, -0.25) is 0 Å². The van der Waals surface area contributed by atoms with Crippen LogP contribution in [-0.2, 0) is 11.0 Å². The van der Waals surface area contributed by atoms with E-state index in [-0.39, 0.29) is 17.1 Å². The van der Waals surface area contributed by atoms with E-state index in [2.05, 4.69) is 5.32 Å². The normalized spacial score (nSPS) is 13.1. The molecule has 3 nitrogen and oxygen atoms in total. The van der Waals surface area contributed by atoms with Crippen molar-refractivity contribution in [1.82, 2.24) is 0 Å². The summed E-state index contributed by atoms with van der Waals surface area (Å²) in [5.41, 5.74) is -1.35. The Kier molecular flexibility index (Phi) is 5.68. The van der Waals surface area contributed by atoms with Crippen LogP contribution in [0.25, 0.3) is 0 Å². The van der Waals surface area contributed by atoms with Gasteiger partial charge in [-0.05, 0) is 18.6 Å². The first kappa shape index (κ1) is 16.6. The Hall–Kier alpha value is -1.43. The monoisotopic (exact) mass is 309 g/mol. The van der Waals surface area contributed by atoms with Crippen LogP contribution in [0.4, 0.5) is 18.9 Å². The molecule has 1 aromatic rings. The van der Waals surface area contributed by atoms with Crippen molar-refractivity contribution in [2.24, 2.45) is 0 Å². The van der Waals surface area contributed by atoms with Crippen molar-refractivity contribution in [1.29, 1.82) is 0 Å². The Labute approximate surface area is 119 Å². The molecule has 7 heteroatoms. The molecular weight excluding hydrogens is 295 g/mol. The maximum atomic E-state index is 12.9. The zero-order chi connectivity index (χ0) is 15.3. The van der Waals surface area contributed by atoms with E-state index in [9.17, 15) is 18.0 Å². The van der Waals surface area contributed by atoms with Crippen LogP contribution in [0.5, 0.6) is 0 Å². The van der Waals surface area contributed by atoms with E-state index in [1.807, 2.05) is 6.92 Å². The van der Waals surface area contributed by atoms with Gasteiger partial charge >= 0.3 is 12.1 Å². The lowest BCUT2D eigenvalue weighted by atomic mass is 10.1. The van der Waals surface area contributed by atoms with Crippen LogP contribution in [-0.4, -0.2) is 17.1 Å². The number of anilines is 1. The molecule has 20 heavy (non-hydrogen) atoms. The number of benzene rings is 1. The molecule has 0 amide bonds. The first-order chi connectivity index (χ1) is 9.27. The van der Waals surface area contributed by atoms with Gasteiger partial charge in [-0.15, -0.1) is 0 Å². The molecule has 0 aromatic heterocycles. The van der Waals surface area contributed by atoms with Gasteiger partial charge in [0.05, 0.1) is 16.3 Å². The summed E-state index contributed by atoms with van der Waals surface area (Å²) in [7, 11) is 0. The SMILES string of the molecule is CCCCC(Nc1c(Cl)cccc1C(F)(F)F)C(=O)O. The summed E-state index contributed by atoms with van der Waals surface area (Å²) in [6, 6.07) is 2.24. The fraction of sp³-hybridized carbons (Fsp3) is 0.462. The topological polar surface area (TPSA) is 49.3 Å². The summed E-state index contributed by atoms with van der Waals surface area (Å²) in [4.78, 5) is 11.1. The number of nitrogens with one attached hydrogen (secondary N) is 1. The van der Waals surface area contributed by atoms with Gasteiger partial charge in [0.2, 0.25) is 0 Å². The second-order valence-electron chi connectivity index (χ2n) is 4.34. The molecular formula is C13H15ClF3NO2. The highest BCUT2D eigenvalue weighted by Gasteiger charge is 2.35. The Balaban J connectivity index is 3.08. The molecule has 2 N–H and O–H groups in total. The number of carboxylic acids is 1. The molecule has 0 bridgehead atoms. The van der Waals surface area contributed by atoms with Crippen molar-refractivity contribution in [3.8, 4) is 0 Å². The maximum Gasteiger partial charge on any atom is 0.418 e. The van der Waals surface area contributed by atoms with Crippen molar-refractivity contribution in [3.63, 3.8) is 0 Å². The lowest BCUT2D eigenvalue weighted by molar-refractivity contribution is -0.139. The number of carboxylic acid groups (broad SMARTS) is 1. The molecule has 0 heterocycles. The fourth-order valence-corrected chi connectivity index (χ4v) is 1.98. The summed E-state index contributed by atoms with van der Waals surface area (Å²) < 4.78 is 38.7. The van der Waals surface area contributed by atoms with Gasteiger partial charge in [0.25, 0.3) is 0 Å². The van der Waals surface area contributed by atoms with Crippen LogP contribution >= 0.6 is 11.6 Å². The second-order valence-corrected chi connectivity index (χ2v) is 4.74. The van der Waals surface area contributed by atoms with Crippen molar-refractivity contribution in [2.75, 3.05) is 5.32 Å². The molecule has 0 aliphatic rings. The van der Waals surface area contributed by atoms with E-state index in [1.165, 1.54) is 12.1 Å². The molecule has 0 saturated carbocycles. The third kappa shape index (κ3) is 4.30. The molecule has 0 aliphatic carbocycles. The summed E-state index contributed by atoms with van der Waals surface area (Å²) in [5.74, 6) is -1.20. The number of unbranched alkanes of at least 4 members (excludes halogenated alkanes) is 1. The number of rotatable bonds is 6. The minimum Gasteiger partial charge on any atom is -0.480 e. The molecule has 0 aliphatic heterocycles. The number of alkyl halides is 3. The Morgan fingerprint density at radius 1 is 1.45 bits per heavy atom. The molecule has 112 valence electrons. The molecule has 1 unspecified atom stereocenters. The highest BCUT2D eigenvalue weighted by Crippen LogP contribution is 2.38. The van der Waals surface area contributed by atoms with Crippen LogP contribution in [0.1, 0.15) is 31.7 Å². The number of para-hydroxylation sites is 1. The third-order valence-corrected chi connectivity index (χ3v) is 3.10. The molecule has 0 radical (unpaired) electrons. The van der Waals surface area contributed by atoms with Crippen LogP contribution in [0, 0.1) is 0 Å².